The highest BCUT2D eigenvalue weighted by Crippen LogP contribution is 2.32. The van der Waals surface area contributed by atoms with Crippen LogP contribution in [0, 0.1) is 5.82 Å². The monoisotopic (exact) mass is 529 g/mol. The maximum atomic E-state index is 13.8. The number of carbonyl (C=O) groups excluding carboxylic acids is 1. The lowest BCUT2D eigenvalue weighted by Gasteiger charge is -2.19. The molecule has 3 aromatic carbocycles. The molecule has 0 saturated carbocycles. The van der Waals surface area contributed by atoms with E-state index in [9.17, 15) is 30.8 Å². The van der Waals surface area contributed by atoms with Crippen LogP contribution >= 0.6 is 0 Å². The fraction of sp³-hybridized carbons (Fsp3) is 0.115. The zero-order valence-corrected chi connectivity index (χ0v) is 19.8. The van der Waals surface area contributed by atoms with Crippen LogP contribution in [0.5, 0.6) is 0 Å². The van der Waals surface area contributed by atoms with Crippen molar-refractivity contribution >= 4 is 44.3 Å². The number of nitrogens with one attached hydrogen (secondary N) is 2. The number of rotatable bonds is 4. The number of amides is 1. The summed E-state index contributed by atoms with van der Waals surface area (Å²) in [7, 11) is -3.41. The van der Waals surface area contributed by atoms with Gasteiger partial charge in [0, 0.05) is 28.5 Å². The second-order valence-electron chi connectivity index (χ2n) is 8.52. The molecule has 190 valence electrons. The summed E-state index contributed by atoms with van der Waals surface area (Å²) in [6.07, 6.45) is -1.42. The molecule has 4 aromatic rings. The average molecular weight is 530 g/mol. The molecule has 0 bridgehead atoms. The van der Waals surface area contributed by atoms with Gasteiger partial charge in [0.25, 0.3) is 0 Å². The largest absolute Gasteiger partial charge is 0.416 e. The van der Waals surface area contributed by atoms with E-state index in [0.29, 0.717) is 40.1 Å². The number of hydrogen-bond donors (Lipinski definition) is 2. The molecule has 1 amide bonds. The van der Waals surface area contributed by atoms with Crippen LogP contribution < -0.4 is 10.0 Å². The Morgan fingerprint density at radius 3 is 2.49 bits per heavy atom. The highest BCUT2D eigenvalue weighted by molar-refractivity contribution is 7.92. The number of fused-ring (bicyclic) bond motifs is 2. The number of alkyl halides is 3. The normalized spacial score (nSPS) is 14.9. The second kappa shape index (κ2) is 9.07. The summed E-state index contributed by atoms with van der Waals surface area (Å²) in [5, 5.41) is 3.16. The summed E-state index contributed by atoms with van der Waals surface area (Å²) in [6.45, 7) is 0. The molecule has 2 heterocycles. The van der Waals surface area contributed by atoms with Crippen LogP contribution in [0.25, 0.3) is 22.7 Å². The van der Waals surface area contributed by atoms with Gasteiger partial charge in [-0.3, -0.25) is 9.52 Å². The van der Waals surface area contributed by atoms with Crippen molar-refractivity contribution in [3.63, 3.8) is 0 Å². The van der Waals surface area contributed by atoms with Gasteiger partial charge in [-0.1, -0.05) is 6.07 Å². The molecule has 0 unspecified atom stereocenters. The third kappa shape index (κ3) is 5.21. The van der Waals surface area contributed by atoms with Crippen molar-refractivity contribution in [2.45, 2.75) is 12.6 Å². The first-order valence-electron chi connectivity index (χ1n) is 11.1. The lowest BCUT2D eigenvalue weighted by atomic mass is 10.1. The van der Waals surface area contributed by atoms with Crippen LogP contribution in [-0.4, -0.2) is 24.6 Å². The molecule has 0 spiro atoms. The molecule has 2 N–H and O–H groups in total. The molecule has 5 rings (SSSR count). The van der Waals surface area contributed by atoms with E-state index in [1.165, 1.54) is 48.6 Å². The highest BCUT2D eigenvalue weighted by Gasteiger charge is 2.30. The maximum absolute atomic E-state index is 13.8. The Kier molecular flexibility index (Phi) is 6.03. The van der Waals surface area contributed by atoms with Crippen LogP contribution in [0.1, 0.15) is 16.8 Å². The van der Waals surface area contributed by atoms with E-state index in [0.717, 1.165) is 17.7 Å². The number of aryl methyl sites for hydroxylation is 1. The Morgan fingerprint density at radius 2 is 1.76 bits per heavy atom. The maximum Gasteiger partial charge on any atom is 0.416 e. The van der Waals surface area contributed by atoms with Gasteiger partial charge in [0.05, 0.1) is 22.5 Å². The fourth-order valence-electron chi connectivity index (χ4n) is 4.19. The third-order valence-corrected chi connectivity index (χ3v) is 7.21. The van der Waals surface area contributed by atoms with Crippen molar-refractivity contribution in [2.75, 3.05) is 15.8 Å². The third-order valence-electron chi connectivity index (χ3n) is 5.93. The highest BCUT2D eigenvalue weighted by atomic mass is 32.2. The van der Waals surface area contributed by atoms with Crippen molar-refractivity contribution < 1.29 is 30.8 Å². The SMILES string of the molecule is O=C(/C=C/c1cc2cc(F)ccc2n1-c1ccc(C(F)(F)F)cc1)Nc1ccc2c(c1)NS(=O)(=O)CC2. The first kappa shape index (κ1) is 24.6. The zero-order chi connectivity index (χ0) is 26.4. The van der Waals surface area contributed by atoms with Crippen LogP contribution in [0.3, 0.4) is 0 Å². The van der Waals surface area contributed by atoms with Crippen molar-refractivity contribution in [3.05, 3.63) is 95.4 Å². The van der Waals surface area contributed by atoms with Crippen LogP contribution in [0.4, 0.5) is 28.9 Å². The number of sulfonamides is 1. The number of nitrogens with zero attached hydrogens (tertiary/aromatic N) is 1. The van der Waals surface area contributed by atoms with Crippen molar-refractivity contribution in [1.29, 1.82) is 0 Å². The topological polar surface area (TPSA) is 80.2 Å². The molecular formula is C26H19F4N3O3S. The van der Waals surface area contributed by atoms with Gasteiger partial charge in [-0.2, -0.15) is 13.2 Å². The summed E-state index contributed by atoms with van der Waals surface area (Å²) < 4.78 is 80.6. The number of anilines is 2. The summed E-state index contributed by atoms with van der Waals surface area (Å²) in [4.78, 5) is 12.6. The molecule has 1 aromatic heterocycles. The van der Waals surface area contributed by atoms with Gasteiger partial charge in [0.2, 0.25) is 15.9 Å². The van der Waals surface area contributed by atoms with E-state index in [4.69, 9.17) is 0 Å². The summed E-state index contributed by atoms with van der Waals surface area (Å²) in [5.74, 6) is -1.01. The Morgan fingerprint density at radius 1 is 1.00 bits per heavy atom. The minimum atomic E-state index is -4.49. The molecule has 0 saturated heterocycles. The molecule has 0 atom stereocenters. The van der Waals surface area contributed by atoms with Gasteiger partial charge in [0.15, 0.2) is 0 Å². The van der Waals surface area contributed by atoms with Gasteiger partial charge < -0.3 is 9.88 Å². The van der Waals surface area contributed by atoms with Gasteiger partial charge in [0.1, 0.15) is 5.82 Å². The molecular weight excluding hydrogens is 510 g/mol. The van der Waals surface area contributed by atoms with Crippen LogP contribution in [0.15, 0.2) is 72.8 Å². The van der Waals surface area contributed by atoms with E-state index < -0.39 is 33.5 Å². The summed E-state index contributed by atoms with van der Waals surface area (Å²) >= 11 is 0. The Hall–Kier alpha value is -4.12. The fourth-order valence-corrected chi connectivity index (χ4v) is 5.31. The summed E-state index contributed by atoms with van der Waals surface area (Å²) in [5.41, 5.74) is 2.17. The molecule has 0 radical (unpaired) electrons. The quantitative estimate of drug-likeness (QED) is 0.262. The minimum Gasteiger partial charge on any atom is -0.322 e. The molecule has 11 heteroatoms. The van der Waals surface area contributed by atoms with Crippen LogP contribution in [0.2, 0.25) is 0 Å². The van der Waals surface area contributed by atoms with Gasteiger partial charge >= 0.3 is 6.18 Å². The number of carbonyl (C=O) groups is 1. The lowest BCUT2D eigenvalue weighted by Crippen LogP contribution is -2.24. The number of benzene rings is 3. The van der Waals surface area contributed by atoms with E-state index in [1.54, 1.807) is 22.8 Å². The number of aromatic nitrogens is 1. The summed E-state index contributed by atoms with van der Waals surface area (Å²) in [6, 6.07) is 15.1. The van der Waals surface area contributed by atoms with E-state index >= 15 is 0 Å². The van der Waals surface area contributed by atoms with E-state index in [-0.39, 0.29) is 5.75 Å². The zero-order valence-electron chi connectivity index (χ0n) is 19.0. The molecule has 37 heavy (non-hydrogen) atoms. The molecule has 0 aliphatic carbocycles. The Bertz CT molecular complexity index is 1660. The van der Waals surface area contributed by atoms with Gasteiger partial charge in [-0.15, -0.1) is 0 Å². The second-order valence-corrected chi connectivity index (χ2v) is 10.4. The van der Waals surface area contributed by atoms with Gasteiger partial charge in [-0.25, -0.2) is 12.8 Å². The van der Waals surface area contributed by atoms with Crippen molar-refractivity contribution in [1.82, 2.24) is 4.57 Å². The van der Waals surface area contributed by atoms with E-state index in [2.05, 4.69) is 10.0 Å². The Balaban J connectivity index is 1.44. The smallest absolute Gasteiger partial charge is 0.322 e. The van der Waals surface area contributed by atoms with Gasteiger partial charge in [-0.05, 0) is 78.7 Å². The first-order chi connectivity index (χ1) is 17.5. The molecule has 6 nitrogen and oxygen atoms in total. The molecule has 1 aliphatic heterocycles. The minimum absolute atomic E-state index is 0.00865. The number of hydrogen-bond acceptors (Lipinski definition) is 3. The van der Waals surface area contributed by atoms with Crippen molar-refractivity contribution in [3.8, 4) is 5.69 Å². The predicted molar refractivity (Wildman–Crippen MR) is 133 cm³/mol. The lowest BCUT2D eigenvalue weighted by molar-refractivity contribution is -0.137. The van der Waals surface area contributed by atoms with Crippen LogP contribution in [-0.2, 0) is 27.4 Å². The standard InChI is InChI=1S/C26H19F4N3O3S/c27-19-4-9-24-17(13-19)14-22(33(24)21-6-2-18(3-7-21)26(28,29)30)8-10-25(34)31-20-5-1-16-11-12-37(35,36)32-23(16)15-20/h1-10,13-15,32H,11-12H2,(H,31,34)/b10-8+. The Labute approximate surface area is 209 Å². The molecule has 1 aliphatic rings. The average Bonchev–Trinajstić information content (AvgIpc) is 3.19. The van der Waals surface area contributed by atoms with Crippen molar-refractivity contribution in [2.24, 2.45) is 0 Å². The number of halogens is 4. The molecule has 0 fully saturated rings. The first-order valence-corrected chi connectivity index (χ1v) is 12.7. The predicted octanol–water partition coefficient (Wildman–Crippen LogP) is 5.74. The van der Waals surface area contributed by atoms with E-state index in [1.807, 2.05) is 0 Å².